The third-order valence-electron chi connectivity index (χ3n) is 3.60. The van der Waals surface area contributed by atoms with Crippen molar-refractivity contribution in [3.63, 3.8) is 0 Å². The fraction of sp³-hybridized carbons (Fsp3) is 0.588. The van der Waals surface area contributed by atoms with Crippen LogP contribution in [0.2, 0.25) is 0 Å². The van der Waals surface area contributed by atoms with Crippen LogP contribution in [0.15, 0.2) is 12.1 Å². The van der Waals surface area contributed by atoms with Gasteiger partial charge in [0.25, 0.3) is 0 Å². The molecular formula is C17H27N3O4. The van der Waals surface area contributed by atoms with E-state index < -0.39 is 11.7 Å². The Hall–Kier alpha value is -2.15. The monoisotopic (exact) mass is 337 g/mol. The van der Waals surface area contributed by atoms with Gasteiger partial charge in [0.15, 0.2) is 11.5 Å². The molecule has 2 rings (SSSR count). The number of benzene rings is 1. The number of hydrogen-bond acceptors (Lipinski definition) is 6. The highest BCUT2D eigenvalue weighted by atomic mass is 16.6. The van der Waals surface area contributed by atoms with Crippen LogP contribution in [0, 0.1) is 0 Å². The molecule has 1 heterocycles. The van der Waals surface area contributed by atoms with Gasteiger partial charge in [-0.1, -0.05) is 0 Å². The lowest BCUT2D eigenvalue weighted by Crippen LogP contribution is -2.43. The second kappa shape index (κ2) is 7.61. The van der Waals surface area contributed by atoms with Gasteiger partial charge in [0, 0.05) is 38.3 Å². The van der Waals surface area contributed by atoms with Gasteiger partial charge in [-0.05, 0) is 20.8 Å². The van der Waals surface area contributed by atoms with Crippen LogP contribution in [0.25, 0.3) is 0 Å². The van der Waals surface area contributed by atoms with Crippen molar-refractivity contribution in [2.45, 2.75) is 26.4 Å². The lowest BCUT2D eigenvalue weighted by atomic mass is 10.2. The van der Waals surface area contributed by atoms with Gasteiger partial charge in [0.2, 0.25) is 0 Å². The molecule has 0 bridgehead atoms. The highest BCUT2D eigenvalue weighted by molar-refractivity contribution is 5.91. The largest absolute Gasteiger partial charge is 0.493 e. The van der Waals surface area contributed by atoms with E-state index in [0.717, 1.165) is 31.9 Å². The van der Waals surface area contributed by atoms with Crippen molar-refractivity contribution in [1.29, 1.82) is 0 Å². The molecule has 2 N–H and O–H groups in total. The Morgan fingerprint density at radius 2 is 1.71 bits per heavy atom. The topological polar surface area (TPSA) is 72.1 Å². The number of amides is 1. The minimum absolute atomic E-state index is 0.494. The third kappa shape index (κ3) is 4.67. The first-order valence-electron chi connectivity index (χ1n) is 8.05. The number of methoxy groups -OCH3 is 2. The Balaban J connectivity index is 2.33. The summed E-state index contributed by atoms with van der Waals surface area (Å²) in [6, 6.07) is 3.65. The summed E-state index contributed by atoms with van der Waals surface area (Å²) < 4.78 is 16.1. The first-order valence-corrected chi connectivity index (χ1v) is 8.05. The summed E-state index contributed by atoms with van der Waals surface area (Å²) in [4.78, 5) is 14.4. The van der Waals surface area contributed by atoms with Crippen LogP contribution in [0.5, 0.6) is 11.5 Å². The van der Waals surface area contributed by atoms with Gasteiger partial charge in [-0.15, -0.1) is 0 Å². The van der Waals surface area contributed by atoms with Crippen molar-refractivity contribution in [3.05, 3.63) is 12.1 Å². The van der Waals surface area contributed by atoms with Gasteiger partial charge >= 0.3 is 6.09 Å². The molecule has 0 atom stereocenters. The number of carbonyl (C=O) groups excluding carboxylic acids is 1. The maximum atomic E-state index is 12.2. The summed E-state index contributed by atoms with van der Waals surface area (Å²) in [6.45, 7) is 8.96. The maximum Gasteiger partial charge on any atom is 0.412 e. The Labute approximate surface area is 143 Å². The van der Waals surface area contributed by atoms with Crippen LogP contribution >= 0.6 is 0 Å². The van der Waals surface area contributed by atoms with E-state index in [9.17, 15) is 4.79 Å². The molecule has 0 aromatic heterocycles. The van der Waals surface area contributed by atoms with Crippen LogP contribution < -0.4 is 25.0 Å². The molecule has 0 saturated carbocycles. The number of hydrogen-bond donors (Lipinski definition) is 2. The number of nitrogens with zero attached hydrogens (tertiary/aromatic N) is 1. The maximum absolute atomic E-state index is 12.2. The first-order chi connectivity index (χ1) is 11.3. The molecule has 7 nitrogen and oxygen atoms in total. The quantitative estimate of drug-likeness (QED) is 0.879. The van der Waals surface area contributed by atoms with Crippen LogP contribution in [0.4, 0.5) is 16.2 Å². The van der Waals surface area contributed by atoms with Gasteiger partial charge in [-0.25, -0.2) is 4.79 Å². The molecule has 0 radical (unpaired) electrons. The van der Waals surface area contributed by atoms with Gasteiger partial charge in [-0.2, -0.15) is 0 Å². The normalized spacial score (nSPS) is 15.0. The zero-order chi connectivity index (χ0) is 17.7. The molecule has 0 spiro atoms. The van der Waals surface area contributed by atoms with Crippen molar-refractivity contribution < 1.29 is 19.0 Å². The molecule has 1 fully saturated rings. The average Bonchev–Trinajstić information content (AvgIpc) is 2.53. The SMILES string of the molecule is COc1cc(NC(=O)OC(C)(C)C)c(N2CCNCC2)cc1OC. The average molecular weight is 337 g/mol. The molecule has 1 aromatic carbocycles. The summed E-state index contributed by atoms with van der Waals surface area (Å²) in [5, 5.41) is 6.15. The molecule has 1 aromatic rings. The molecule has 0 aliphatic carbocycles. The number of rotatable bonds is 4. The smallest absolute Gasteiger partial charge is 0.412 e. The zero-order valence-corrected chi connectivity index (χ0v) is 15.1. The number of nitrogens with one attached hydrogen (secondary N) is 2. The Morgan fingerprint density at radius 1 is 1.12 bits per heavy atom. The Kier molecular flexibility index (Phi) is 5.77. The van der Waals surface area contributed by atoms with E-state index in [0.29, 0.717) is 17.2 Å². The molecule has 134 valence electrons. The van der Waals surface area contributed by atoms with Crippen LogP contribution in [-0.2, 0) is 4.74 Å². The summed E-state index contributed by atoms with van der Waals surface area (Å²) in [5.74, 6) is 1.18. The standard InChI is InChI=1S/C17H27N3O4/c1-17(2,3)24-16(21)19-12-10-14(22-4)15(23-5)11-13(12)20-8-6-18-7-9-20/h10-11,18H,6-9H2,1-5H3,(H,19,21). The van der Waals surface area contributed by atoms with Gasteiger partial charge in [0.1, 0.15) is 5.60 Å². The number of carbonyl (C=O) groups is 1. The van der Waals surface area contributed by atoms with Crippen LogP contribution in [0.1, 0.15) is 20.8 Å². The van der Waals surface area contributed by atoms with Gasteiger partial charge in [0.05, 0.1) is 25.6 Å². The lowest BCUT2D eigenvalue weighted by Gasteiger charge is -2.32. The minimum Gasteiger partial charge on any atom is -0.493 e. The van der Waals surface area contributed by atoms with E-state index >= 15 is 0 Å². The summed E-state index contributed by atoms with van der Waals surface area (Å²) in [6.07, 6.45) is -0.494. The molecular weight excluding hydrogens is 310 g/mol. The molecule has 1 aliphatic rings. The summed E-state index contributed by atoms with van der Waals surface area (Å²) in [7, 11) is 3.17. The second-order valence-electron chi connectivity index (χ2n) is 6.59. The lowest BCUT2D eigenvalue weighted by molar-refractivity contribution is 0.0636. The minimum atomic E-state index is -0.560. The molecule has 24 heavy (non-hydrogen) atoms. The summed E-state index contributed by atoms with van der Waals surface area (Å²) >= 11 is 0. The van der Waals surface area contributed by atoms with Gasteiger partial charge in [-0.3, -0.25) is 5.32 Å². The van der Waals surface area contributed by atoms with Crippen molar-refractivity contribution in [2.24, 2.45) is 0 Å². The second-order valence-corrected chi connectivity index (χ2v) is 6.59. The van der Waals surface area contributed by atoms with Crippen molar-refractivity contribution in [1.82, 2.24) is 5.32 Å². The first kappa shape index (κ1) is 18.2. The van der Waals surface area contributed by atoms with Crippen molar-refractivity contribution >= 4 is 17.5 Å². The molecule has 7 heteroatoms. The van der Waals surface area contributed by atoms with Crippen molar-refractivity contribution in [3.8, 4) is 11.5 Å². The third-order valence-corrected chi connectivity index (χ3v) is 3.60. The molecule has 1 amide bonds. The molecule has 1 saturated heterocycles. The van der Waals surface area contributed by atoms with Crippen LogP contribution in [0.3, 0.4) is 0 Å². The zero-order valence-electron chi connectivity index (χ0n) is 15.1. The van der Waals surface area contributed by atoms with Crippen LogP contribution in [-0.4, -0.2) is 52.1 Å². The van der Waals surface area contributed by atoms with E-state index in [1.165, 1.54) is 0 Å². The number of piperazine rings is 1. The van der Waals surface area contributed by atoms with E-state index in [1.807, 2.05) is 26.8 Å². The molecule has 0 unspecified atom stereocenters. The number of anilines is 2. The van der Waals surface area contributed by atoms with E-state index in [2.05, 4.69) is 15.5 Å². The van der Waals surface area contributed by atoms with E-state index in [-0.39, 0.29) is 0 Å². The van der Waals surface area contributed by atoms with Crippen molar-refractivity contribution in [2.75, 3.05) is 50.6 Å². The Bertz CT molecular complexity index is 578. The highest BCUT2D eigenvalue weighted by Gasteiger charge is 2.22. The van der Waals surface area contributed by atoms with E-state index in [4.69, 9.17) is 14.2 Å². The highest BCUT2D eigenvalue weighted by Crippen LogP contribution is 2.38. The molecule has 1 aliphatic heterocycles. The predicted molar refractivity (Wildman–Crippen MR) is 94.5 cm³/mol. The summed E-state index contributed by atoms with van der Waals surface area (Å²) in [5.41, 5.74) is 0.972. The number of ether oxygens (including phenoxy) is 3. The Morgan fingerprint density at radius 3 is 2.25 bits per heavy atom. The van der Waals surface area contributed by atoms with Gasteiger partial charge < -0.3 is 24.4 Å². The fourth-order valence-electron chi connectivity index (χ4n) is 2.55. The fourth-order valence-corrected chi connectivity index (χ4v) is 2.55. The predicted octanol–water partition coefficient (Wildman–Crippen LogP) is 2.46. The van der Waals surface area contributed by atoms with E-state index in [1.54, 1.807) is 20.3 Å².